The molecule has 0 spiro atoms. The summed E-state index contributed by atoms with van der Waals surface area (Å²) in [6.45, 7) is 4.89. The number of primary amides is 1. The van der Waals surface area contributed by atoms with Gasteiger partial charge in [0.2, 0.25) is 5.91 Å². The smallest absolute Gasteiger partial charge is 0.404 e. The highest BCUT2D eigenvalue weighted by Crippen LogP contribution is 2.04. The quantitative estimate of drug-likeness (QED) is 0.174. The van der Waals surface area contributed by atoms with E-state index in [1.54, 1.807) is 0 Å². The molecule has 0 fully saturated rings. The van der Waals surface area contributed by atoms with Gasteiger partial charge in [-0.25, -0.2) is 4.79 Å². The van der Waals surface area contributed by atoms with Crippen LogP contribution in [-0.4, -0.2) is 37.9 Å². The molecule has 6 nitrogen and oxygen atoms in total. The molecule has 0 bridgehead atoms. The third kappa shape index (κ3) is 22.4. The molecule has 0 saturated heterocycles. The van der Waals surface area contributed by atoms with Gasteiger partial charge in [0.05, 0.1) is 6.54 Å². The zero-order valence-corrected chi connectivity index (χ0v) is 20.5. The number of nitrogens with one attached hydrogen (secondary N) is 1. The van der Waals surface area contributed by atoms with Gasteiger partial charge < -0.3 is 20.5 Å². The summed E-state index contributed by atoms with van der Waals surface area (Å²) >= 11 is 0. The number of hydrogen-bond acceptors (Lipinski definition) is 4. The van der Waals surface area contributed by atoms with Crippen LogP contribution in [0.1, 0.15) is 71.6 Å². The van der Waals surface area contributed by atoms with Crippen molar-refractivity contribution in [2.75, 3.05) is 19.8 Å². The maximum atomic E-state index is 12.0. The van der Waals surface area contributed by atoms with Gasteiger partial charge in [-0.15, -0.1) is 0 Å². The van der Waals surface area contributed by atoms with E-state index in [0.29, 0.717) is 13.0 Å². The summed E-state index contributed by atoms with van der Waals surface area (Å²) in [5.74, 6) is -0.191. The third-order valence-corrected chi connectivity index (χ3v) is 4.55. The minimum absolute atomic E-state index is 0.0603. The zero-order valence-electron chi connectivity index (χ0n) is 20.5. The first-order valence-corrected chi connectivity index (χ1v) is 12.2. The summed E-state index contributed by atoms with van der Waals surface area (Å²) in [7, 11) is 0. The fourth-order valence-electron chi connectivity index (χ4n) is 2.78. The molecule has 0 aromatic rings. The maximum absolute atomic E-state index is 12.0. The fraction of sp³-hybridized carbons (Fsp3) is 0.556. The first kappa shape index (κ1) is 30.4. The molecule has 0 saturated carbocycles. The van der Waals surface area contributed by atoms with Crippen molar-refractivity contribution in [1.29, 1.82) is 0 Å². The minimum Gasteiger partial charge on any atom is -0.448 e. The van der Waals surface area contributed by atoms with Gasteiger partial charge in [-0.3, -0.25) is 4.79 Å². The lowest BCUT2D eigenvalue weighted by Gasteiger charge is -2.15. The largest absolute Gasteiger partial charge is 0.448 e. The second-order valence-electron chi connectivity index (χ2n) is 7.43. The highest BCUT2D eigenvalue weighted by atomic mass is 16.5. The van der Waals surface area contributed by atoms with E-state index >= 15 is 0 Å². The minimum atomic E-state index is -0.847. The molecule has 3 N–H and O–H groups in total. The average molecular weight is 461 g/mol. The molecule has 0 aromatic heterocycles. The van der Waals surface area contributed by atoms with Gasteiger partial charge in [0.15, 0.2) is 0 Å². The van der Waals surface area contributed by atoms with Crippen molar-refractivity contribution in [2.45, 2.75) is 77.7 Å². The van der Waals surface area contributed by atoms with Crippen LogP contribution in [0.3, 0.4) is 0 Å². The maximum Gasteiger partial charge on any atom is 0.404 e. The normalized spacial score (nSPS) is 13.2. The van der Waals surface area contributed by atoms with Crippen molar-refractivity contribution in [3.63, 3.8) is 0 Å². The number of hydrogen-bond donors (Lipinski definition) is 2. The molecule has 0 radical (unpaired) electrons. The fourth-order valence-corrected chi connectivity index (χ4v) is 2.78. The van der Waals surface area contributed by atoms with E-state index in [2.05, 4.69) is 77.7 Å². The molecule has 186 valence electrons. The van der Waals surface area contributed by atoms with Crippen molar-refractivity contribution in [3.8, 4) is 0 Å². The Morgan fingerprint density at radius 2 is 1.33 bits per heavy atom. The summed E-state index contributed by atoms with van der Waals surface area (Å²) in [5, 5.41) is 2.68. The molecule has 0 rings (SSSR count). The van der Waals surface area contributed by atoms with E-state index in [9.17, 15) is 9.59 Å². The van der Waals surface area contributed by atoms with Crippen molar-refractivity contribution in [2.24, 2.45) is 5.73 Å². The van der Waals surface area contributed by atoms with Gasteiger partial charge >= 0.3 is 6.09 Å². The summed E-state index contributed by atoms with van der Waals surface area (Å²) in [4.78, 5) is 22.5. The standard InChI is InChI=1S/C27H44N2O4/c1-3-5-6-7-8-9-10-11-12-13-14-15-16-17-18-19-20-21-23-32-25(4-2)26(30)29-22-24-33-27(28)31/h5-6,8-9,11-12,14-15,17-18,25H,3-4,7,10,13,16,19-24H2,1-2H3,(H2,28,31)(H,29,30)/b6-5-,9-8-,12-11-,15-14-,18-17-. The lowest BCUT2D eigenvalue weighted by molar-refractivity contribution is -0.133. The van der Waals surface area contributed by atoms with Gasteiger partial charge in [0, 0.05) is 6.61 Å². The molecule has 0 aliphatic rings. The van der Waals surface area contributed by atoms with Crippen LogP contribution in [-0.2, 0) is 14.3 Å². The van der Waals surface area contributed by atoms with E-state index in [0.717, 1.165) is 51.4 Å². The molecule has 0 aromatic carbocycles. The van der Waals surface area contributed by atoms with Crippen LogP contribution in [0, 0.1) is 0 Å². The van der Waals surface area contributed by atoms with Crippen LogP contribution in [0.15, 0.2) is 60.8 Å². The van der Waals surface area contributed by atoms with Crippen molar-refractivity contribution in [1.82, 2.24) is 5.32 Å². The van der Waals surface area contributed by atoms with Crippen LogP contribution in [0.4, 0.5) is 4.79 Å². The topological polar surface area (TPSA) is 90.7 Å². The second kappa shape index (κ2) is 24.1. The van der Waals surface area contributed by atoms with Gasteiger partial charge in [-0.2, -0.15) is 0 Å². The molecule has 2 amide bonds. The number of rotatable bonds is 20. The SMILES string of the molecule is CC/C=C\C/C=C\C/C=C\C/C=C\C/C=C\CCCCOC(CC)C(=O)NCCOC(N)=O. The summed E-state index contributed by atoms with van der Waals surface area (Å²) in [6.07, 6.45) is 29.2. The van der Waals surface area contributed by atoms with Crippen molar-refractivity contribution in [3.05, 3.63) is 60.8 Å². The predicted octanol–water partition coefficient (Wildman–Crippen LogP) is 5.91. The Morgan fingerprint density at radius 3 is 1.85 bits per heavy atom. The molecular formula is C27H44N2O4. The van der Waals surface area contributed by atoms with Gasteiger partial charge in [-0.05, 0) is 57.8 Å². The molecule has 0 aliphatic heterocycles. The van der Waals surface area contributed by atoms with E-state index in [4.69, 9.17) is 10.5 Å². The van der Waals surface area contributed by atoms with E-state index in [1.807, 2.05) is 6.92 Å². The zero-order chi connectivity index (χ0) is 24.4. The molecule has 6 heteroatoms. The Morgan fingerprint density at radius 1 is 0.788 bits per heavy atom. The van der Waals surface area contributed by atoms with Crippen LogP contribution in [0.2, 0.25) is 0 Å². The monoisotopic (exact) mass is 460 g/mol. The third-order valence-electron chi connectivity index (χ3n) is 4.55. The Hall–Kier alpha value is -2.60. The van der Waals surface area contributed by atoms with E-state index in [1.165, 1.54) is 0 Å². The van der Waals surface area contributed by atoms with Crippen molar-refractivity contribution < 1.29 is 19.1 Å². The van der Waals surface area contributed by atoms with Crippen molar-refractivity contribution >= 4 is 12.0 Å². The number of allylic oxidation sites excluding steroid dienone is 10. The molecule has 0 heterocycles. The van der Waals surface area contributed by atoms with Crippen LogP contribution < -0.4 is 11.1 Å². The Labute approximate surface area is 200 Å². The number of unbranched alkanes of at least 4 members (excludes halogenated alkanes) is 2. The number of ether oxygens (including phenoxy) is 2. The molecule has 1 unspecified atom stereocenters. The van der Waals surface area contributed by atoms with Crippen LogP contribution in [0.5, 0.6) is 0 Å². The average Bonchev–Trinajstić information content (AvgIpc) is 2.80. The van der Waals surface area contributed by atoms with Crippen LogP contribution in [0.25, 0.3) is 0 Å². The predicted molar refractivity (Wildman–Crippen MR) is 137 cm³/mol. The number of amides is 2. The van der Waals surface area contributed by atoms with Gasteiger partial charge in [0.1, 0.15) is 12.7 Å². The molecule has 33 heavy (non-hydrogen) atoms. The Kier molecular flexibility index (Phi) is 22.2. The lowest BCUT2D eigenvalue weighted by atomic mass is 10.2. The van der Waals surface area contributed by atoms with E-state index < -0.39 is 12.2 Å². The summed E-state index contributed by atoms with van der Waals surface area (Å²) < 4.78 is 10.2. The number of nitrogens with two attached hydrogens (primary N) is 1. The van der Waals surface area contributed by atoms with Gasteiger partial charge in [-0.1, -0.05) is 74.6 Å². The highest BCUT2D eigenvalue weighted by Gasteiger charge is 2.16. The Bertz CT molecular complexity index is 636. The molecule has 0 aliphatic carbocycles. The molecule has 1 atom stereocenters. The lowest BCUT2D eigenvalue weighted by Crippen LogP contribution is -2.38. The molecular weight excluding hydrogens is 416 g/mol. The number of carbonyl (C=O) groups is 2. The first-order chi connectivity index (χ1) is 16.1. The first-order valence-electron chi connectivity index (χ1n) is 12.2. The van der Waals surface area contributed by atoms with Crippen LogP contribution >= 0.6 is 0 Å². The summed E-state index contributed by atoms with van der Waals surface area (Å²) in [6, 6.07) is 0. The highest BCUT2D eigenvalue weighted by molar-refractivity contribution is 5.80. The van der Waals surface area contributed by atoms with E-state index in [-0.39, 0.29) is 19.1 Å². The second-order valence-corrected chi connectivity index (χ2v) is 7.43. The number of carbonyl (C=O) groups excluding carboxylic acids is 2. The summed E-state index contributed by atoms with van der Waals surface area (Å²) in [5.41, 5.74) is 4.87. The van der Waals surface area contributed by atoms with Gasteiger partial charge in [0.25, 0.3) is 0 Å². The Balaban J connectivity index is 3.67.